The number of carbonyl (C=O) groups excluding carboxylic acids is 12. The van der Waals surface area contributed by atoms with Crippen molar-refractivity contribution in [1.82, 2.24) is 78.4 Å². The third-order valence-electron chi connectivity index (χ3n) is 15.6. The first-order chi connectivity index (χ1) is 49.4. The van der Waals surface area contributed by atoms with Gasteiger partial charge in [-0.25, -0.2) is 14.8 Å². The monoisotopic (exact) mass is 1480 g/mol. The number of aliphatic carboxylic acids is 2. The Morgan fingerprint density at radius 1 is 0.490 bits per heavy atom. The number of aromatic nitrogens is 4. The molecule has 0 aliphatic heterocycles. The van der Waals surface area contributed by atoms with Crippen LogP contribution >= 0.6 is 11.8 Å². The van der Waals surface area contributed by atoms with Gasteiger partial charge in [0.15, 0.2) is 5.96 Å². The summed E-state index contributed by atoms with van der Waals surface area (Å²) >= 11 is 1.27. The van der Waals surface area contributed by atoms with E-state index in [1.54, 1.807) is 50.4 Å². The van der Waals surface area contributed by atoms with Crippen molar-refractivity contribution in [2.24, 2.45) is 33.8 Å². The molecular formula is C64H92N20O19S. The number of aliphatic hydroxyl groups is 2. The summed E-state index contributed by atoms with van der Waals surface area (Å²) in [6.45, 7) is 0.329. The zero-order valence-corrected chi connectivity index (χ0v) is 58.1. The molecule has 0 unspecified atom stereocenters. The van der Waals surface area contributed by atoms with Crippen LogP contribution in [0, 0.1) is 5.92 Å². The first-order valence-electron chi connectivity index (χ1n) is 32.7. The summed E-state index contributed by atoms with van der Waals surface area (Å²) in [6, 6.07) is -3.98. The minimum Gasteiger partial charge on any atom is -0.508 e. The summed E-state index contributed by atoms with van der Waals surface area (Å²) in [5, 5.41) is 77.2. The molecule has 4 rings (SSSR count). The minimum absolute atomic E-state index is 0.0341. The van der Waals surface area contributed by atoms with Gasteiger partial charge in [0.1, 0.15) is 72.2 Å². The number of phenolic OH excluding ortho intramolecular Hbond substituents is 1. The Morgan fingerprint density at radius 3 is 1.34 bits per heavy atom. The number of thioether (sulfide) groups is 1. The predicted octanol–water partition coefficient (Wildman–Crippen LogP) is -6.94. The molecule has 11 atom stereocenters. The number of aliphatic imine (C=N–C) groups is 1. The normalized spacial score (nSPS) is 14.2. The lowest BCUT2D eigenvalue weighted by Gasteiger charge is -2.29. The Balaban J connectivity index is 1.63. The summed E-state index contributed by atoms with van der Waals surface area (Å²) in [7, 11) is 0. The second-order valence-electron chi connectivity index (χ2n) is 24.1. The number of imidazole rings is 2. The largest absolute Gasteiger partial charge is 0.508 e. The Kier molecular flexibility index (Phi) is 36.2. The van der Waals surface area contributed by atoms with Gasteiger partial charge in [-0.2, -0.15) is 11.8 Å². The van der Waals surface area contributed by atoms with Gasteiger partial charge in [0.2, 0.25) is 70.9 Å². The Morgan fingerprint density at radius 2 is 0.894 bits per heavy atom. The van der Waals surface area contributed by atoms with Gasteiger partial charge in [0, 0.05) is 68.9 Å². The highest BCUT2D eigenvalue weighted by atomic mass is 32.2. The van der Waals surface area contributed by atoms with Crippen LogP contribution in [0.2, 0.25) is 0 Å². The van der Waals surface area contributed by atoms with Gasteiger partial charge in [0.05, 0.1) is 32.4 Å². The Hall–Kier alpha value is -11.3. The van der Waals surface area contributed by atoms with E-state index >= 15 is 0 Å². The number of guanidine groups is 1. The summed E-state index contributed by atoms with van der Waals surface area (Å²) in [5.74, 6) is -16.1. The topological polar surface area (TPSA) is 646 Å². The molecular weight excluding hydrogens is 1380 g/mol. The summed E-state index contributed by atoms with van der Waals surface area (Å²) in [6.07, 6.45) is 3.20. The highest BCUT2D eigenvalue weighted by molar-refractivity contribution is 7.98. The van der Waals surface area contributed by atoms with Crippen LogP contribution in [0.4, 0.5) is 0 Å². The van der Waals surface area contributed by atoms with Crippen LogP contribution in [0.3, 0.4) is 0 Å². The molecule has 40 heteroatoms. The van der Waals surface area contributed by atoms with Crippen LogP contribution in [-0.2, 0) is 92.8 Å². The number of rotatable bonds is 47. The van der Waals surface area contributed by atoms with E-state index in [2.05, 4.69) is 83.4 Å². The summed E-state index contributed by atoms with van der Waals surface area (Å²) in [5.41, 5.74) is 23.2. The first kappa shape index (κ1) is 85.2. The maximum absolute atomic E-state index is 14.8. The predicted molar refractivity (Wildman–Crippen MR) is 372 cm³/mol. The molecule has 2 aromatic carbocycles. The number of primary amides is 1. The molecule has 4 aromatic rings. The molecule has 0 spiro atoms. The van der Waals surface area contributed by atoms with Gasteiger partial charge in [0.25, 0.3) is 0 Å². The fraction of sp³-hybridized carbons (Fsp3) is 0.484. The number of phenols is 1. The van der Waals surface area contributed by atoms with Crippen molar-refractivity contribution in [2.75, 3.05) is 38.3 Å². The van der Waals surface area contributed by atoms with Crippen LogP contribution in [0.25, 0.3) is 0 Å². The van der Waals surface area contributed by atoms with Crippen molar-refractivity contribution in [3.63, 3.8) is 0 Å². The molecule has 39 nitrogen and oxygen atoms in total. The fourth-order valence-corrected chi connectivity index (χ4v) is 10.5. The van der Waals surface area contributed by atoms with Gasteiger partial charge < -0.3 is 117 Å². The molecule has 0 bridgehead atoms. The van der Waals surface area contributed by atoms with Gasteiger partial charge in [-0.1, -0.05) is 56.3 Å². The average Bonchev–Trinajstić information content (AvgIpc) is 1.74. The minimum atomic E-state index is -1.86. The molecule has 26 N–H and O–H groups in total. The zero-order valence-electron chi connectivity index (χ0n) is 57.3. The molecule has 2 aromatic heterocycles. The molecule has 0 aliphatic carbocycles. The van der Waals surface area contributed by atoms with Crippen molar-refractivity contribution < 1.29 is 92.7 Å². The van der Waals surface area contributed by atoms with E-state index in [-0.39, 0.29) is 80.3 Å². The molecule has 0 saturated heterocycles. The lowest BCUT2D eigenvalue weighted by Crippen LogP contribution is -2.62. The molecule has 2 heterocycles. The molecule has 0 fully saturated rings. The number of aromatic hydroxyl groups is 1. The number of aliphatic hydroxyl groups excluding tert-OH is 2. The van der Waals surface area contributed by atoms with Crippen molar-refractivity contribution in [3.05, 3.63) is 102 Å². The number of nitrogens with one attached hydrogen (secondary N) is 13. The Bertz CT molecular complexity index is 3550. The van der Waals surface area contributed by atoms with Crippen molar-refractivity contribution >= 4 is 101 Å². The van der Waals surface area contributed by atoms with E-state index in [0.29, 0.717) is 11.1 Å². The lowest BCUT2D eigenvalue weighted by atomic mass is 9.99. The quantitative estimate of drug-likeness (QED) is 0.0111. The number of hydrogen-bond donors (Lipinski definition) is 22. The number of benzene rings is 2. The van der Waals surface area contributed by atoms with Crippen molar-refractivity contribution in [2.45, 2.75) is 151 Å². The maximum atomic E-state index is 14.8. The zero-order chi connectivity index (χ0) is 77.0. The third-order valence-corrected chi connectivity index (χ3v) is 16.3. The van der Waals surface area contributed by atoms with Crippen molar-refractivity contribution in [3.8, 4) is 5.75 Å². The molecule has 568 valence electrons. The van der Waals surface area contributed by atoms with E-state index in [0.717, 1.165) is 0 Å². The average molecular weight is 1480 g/mol. The number of carbonyl (C=O) groups is 14. The van der Waals surface area contributed by atoms with Gasteiger partial charge >= 0.3 is 11.9 Å². The van der Waals surface area contributed by atoms with E-state index in [1.807, 2.05) is 0 Å². The number of hydrogen-bond acceptors (Lipinski definition) is 22. The standard InChI is InChI=1S/C64H92N20O19S/c1-33(2)52(62(101)80-43(22-35-11-13-38(87)14-12-35)57(96)83-48(30-86)61(100)81-46(63(102)103)23-34-8-5-4-6-9-34)84-56(95)39(10-7-20-71-64(67)68)75-55(94)42(19-21-104-3)77-58(97)44(24-36-27-69-31-72-36)79-59(98)45(25-37-28-70-32-73-37)78-54(93)41(16-18-51(90)91)76-60(99)47(29-85)82-53(92)40(15-17-49(66)88)74-50(89)26-65/h4-6,8-9,11-14,27-28,31-33,39-48,52,85-87H,7,10,15-26,29-30,65H2,1-3H3,(H2,66,88)(H,69,72)(H,70,73)(H,74,89)(H,75,94)(H,76,99)(H,77,97)(H,78,93)(H,79,98)(H,80,101)(H,81,100)(H,82,92)(H,83,96)(H,84,95)(H,90,91)(H,102,103)(H4,67,68,71)/t39-,40-,41-,42-,43-,44-,45-,46-,47-,48-,52-/m0/s1. The second-order valence-corrected chi connectivity index (χ2v) is 25.1. The van der Waals surface area contributed by atoms with Gasteiger partial charge in [-0.3, -0.25) is 67.3 Å². The van der Waals surface area contributed by atoms with Crippen LogP contribution in [0.15, 0.2) is 84.6 Å². The second kappa shape index (κ2) is 44.2. The highest BCUT2D eigenvalue weighted by Gasteiger charge is 2.38. The number of amides is 12. The van der Waals surface area contributed by atoms with E-state index in [9.17, 15) is 92.7 Å². The molecule has 0 aliphatic rings. The third kappa shape index (κ3) is 30.1. The smallest absolute Gasteiger partial charge is 0.326 e. The molecule has 0 saturated carbocycles. The highest BCUT2D eigenvalue weighted by Crippen LogP contribution is 2.15. The number of aromatic amines is 2. The number of H-pyrrole nitrogens is 2. The number of nitrogens with two attached hydrogens (primary N) is 4. The van der Waals surface area contributed by atoms with E-state index in [4.69, 9.17) is 22.9 Å². The van der Waals surface area contributed by atoms with Crippen molar-refractivity contribution in [1.29, 1.82) is 0 Å². The van der Waals surface area contributed by atoms with E-state index in [1.165, 1.54) is 61.1 Å². The SMILES string of the molecule is CSCC[C@H](NC(=O)[C@H](Cc1cnc[nH]1)NC(=O)[C@H](Cc1cnc[nH]1)NC(=O)[C@H](CCC(=O)O)NC(=O)[C@H](CO)NC(=O)[C@H](CCC(N)=O)NC(=O)CN)C(=O)N[C@@H](CCCN=C(N)N)C(=O)N[C@H](C(=O)N[C@@H](Cc1ccc(O)cc1)C(=O)N[C@@H](CO)C(=O)N[C@@H](Cc1ccccc1)C(=O)O)C(C)C. The molecule has 12 amide bonds. The molecule has 104 heavy (non-hydrogen) atoms. The van der Waals surface area contributed by atoms with Crippen LogP contribution in [0.5, 0.6) is 5.75 Å². The number of carboxylic acids is 2. The number of carboxylic acid groups (broad SMARTS) is 2. The van der Waals surface area contributed by atoms with Gasteiger partial charge in [-0.15, -0.1) is 0 Å². The van der Waals surface area contributed by atoms with Crippen LogP contribution in [0.1, 0.15) is 81.3 Å². The fourth-order valence-electron chi connectivity index (χ4n) is 10.0. The summed E-state index contributed by atoms with van der Waals surface area (Å²) in [4.78, 5) is 208. The van der Waals surface area contributed by atoms with Crippen LogP contribution < -0.4 is 81.4 Å². The maximum Gasteiger partial charge on any atom is 0.326 e. The van der Waals surface area contributed by atoms with Gasteiger partial charge in [-0.05, 0) is 73.3 Å². The first-order valence-corrected chi connectivity index (χ1v) is 34.1. The summed E-state index contributed by atoms with van der Waals surface area (Å²) < 4.78 is 0. The molecule has 0 radical (unpaired) electrons. The van der Waals surface area contributed by atoms with Crippen LogP contribution in [-0.4, -0.2) is 239 Å². The van der Waals surface area contributed by atoms with E-state index < -0.39 is 201 Å². The number of nitrogens with zero attached hydrogens (tertiary/aromatic N) is 3. The Labute approximate surface area is 600 Å². The lowest BCUT2D eigenvalue weighted by molar-refractivity contribution is -0.142.